The Hall–Kier alpha value is -0.360. The molecule has 0 aromatic rings. The second kappa shape index (κ2) is 46.0. The minimum absolute atomic E-state index is 0.0311. The van der Waals surface area contributed by atoms with Crippen LogP contribution in [0.4, 0.5) is 0 Å². The molecule has 0 aliphatic heterocycles. The normalized spacial score (nSPS) is 12.2. The van der Waals surface area contributed by atoms with Crippen molar-refractivity contribution in [1.82, 2.24) is 4.90 Å². The van der Waals surface area contributed by atoms with E-state index in [1.54, 1.807) is 0 Å². The topological polar surface area (TPSA) is 48.0 Å². The fraction of sp³-hybridized carbons (Fsp3) is 0.979. The molecule has 53 heavy (non-hydrogen) atoms. The lowest BCUT2D eigenvalue weighted by molar-refractivity contribution is -0.143. The number of hydrogen-bond acceptors (Lipinski definition) is 5. The zero-order valence-corrected chi connectivity index (χ0v) is 37.0. The van der Waals surface area contributed by atoms with Crippen molar-refractivity contribution in [2.45, 2.75) is 245 Å². The van der Waals surface area contributed by atoms with Gasteiger partial charge in [-0.2, -0.15) is 0 Å². The molecule has 0 heterocycles. The lowest BCUT2D eigenvalue weighted by Gasteiger charge is -2.27. The van der Waals surface area contributed by atoms with Crippen LogP contribution in [0.3, 0.4) is 0 Å². The van der Waals surface area contributed by atoms with E-state index in [2.05, 4.69) is 25.7 Å². The summed E-state index contributed by atoms with van der Waals surface area (Å²) in [5.41, 5.74) is 0. The summed E-state index contributed by atoms with van der Waals surface area (Å²) in [6.45, 7) is 12.4. The van der Waals surface area contributed by atoms with Gasteiger partial charge in [0.2, 0.25) is 0 Å². The van der Waals surface area contributed by atoms with E-state index in [1.807, 2.05) is 0 Å². The van der Waals surface area contributed by atoms with E-state index in [9.17, 15) is 4.79 Å². The monoisotopic (exact) mass is 772 g/mol. The van der Waals surface area contributed by atoms with E-state index in [4.69, 9.17) is 25.8 Å². The van der Waals surface area contributed by atoms with Gasteiger partial charge in [-0.3, -0.25) is 9.69 Å². The maximum absolute atomic E-state index is 12.2. The van der Waals surface area contributed by atoms with E-state index >= 15 is 0 Å². The first kappa shape index (κ1) is 52.6. The highest BCUT2D eigenvalue weighted by Crippen LogP contribution is 2.14. The lowest BCUT2D eigenvalue weighted by Crippen LogP contribution is -2.38. The summed E-state index contributed by atoms with van der Waals surface area (Å²) in [5, 5.41) is 0. The molecule has 1 unspecified atom stereocenters. The molecule has 0 N–H and O–H groups in total. The van der Waals surface area contributed by atoms with E-state index < -0.39 is 0 Å². The summed E-state index contributed by atoms with van der Waals surface area (Å²) >= 11 is 6.26. The number of nitrogens with zero attached hydrogens (tertiary/aromatic N) is 1. The van der Waals surface area contributed by atoms with Gasteiger partial charge in [-0.05, 0) is 38.6 Å². The molecule has 0 saturated heterocycles. The molecule has 1 atom stereocenters. The fourth-order valence-corrected chi connectivity index (χ4v) is 7.47. The highest BCUT2D eigenvalue weighted by molar-refractivity contribution is 6.18. The van der Waals surface area contributed by atoms with Crippen LogP contribution in [0, 0.1) is 0 Å². The zero-order valence-electron chi connectivity index (χ0n) is 36.2. The molecule has 318 valence electrons. The van der Waals surface area contributed by atoms with Gasteiger partial charge in [-0.25, -0.2) is 0 Å². The molecule has 0 spiro atoms. The molecular weight excluding hydrogens is 678 g/mol. The number of esters is 1. The van der Waals surface area contributed by atoms with Crippen LogP contribution in [0.1, 0.15) is 239 Å². The van der Waals surface area contributed by atoms with Crippen LogP contribution in [0.25, 0.3) is 0 Å². The minimum atomic E-state index is -0.0311. The number of alkyl halides is 1. The Kier molecular flexibility index (Phi) is 45.7. The number of carbonyl (C=O) groups is 1. The summed E-state index contributed by atoms with van der Waals surface area (Å²) in [7, 11) is 0. The maximum Gasteiger partial charge on any atom is 0.305 e. The zero-order chi connectivity index (χ0) is 38.6. The van der Waals surface area contributed by atoms with Gasteiger partial charge in [-0.15, -0.1) is 11.6 Å². The van der Waals surface area contributed by atoms with Gasteiger partial charge in [-0.1, -0.05) is 201 Å². The molecule has 5 nitrogen and oxygen atoms in total. The van der Waals surface area contributed by atoms with E-state index in [-0.39, 0.29) is 12.1 Å². The van der Waals surface area contributed by atoms with Crippen molar-refractivity contribution in [2.24, 2.45) is 0 Å². The molecule has 0 saturated carbocycles. The number of carbonyl (C=O) groups excluding carboxylic acids is 1. The largest absolute Gasteiger partial charge is 0.466 e. The Morgan fingerprint density at radius 2 is 0.868 bits per heavy atom. The molecule has 0 rings (SSSR count). The van der Waals surface area contributed by atoms with Crippen LogP contribution in [-0.4, -0.2) is 68.9 Å². The Balaban J connectivity index is 4.35. The van der Waals surface area contributed by atoms with E-state index in [0.717, 1.165) is 71.4 Å². The highest BCUT2D eigenvalue weighted by Gasteiger charge is 2.15. The quantitative estimate of drug-likeness (QED) is 0.0350. The van der Waals surface area contributed by atoms with Gasteiger partial charge in [0.15, 0.2) is 0 Å². The molecule has 0 amide bonds. The van der Waals surface area contributed by atoms with Gasteiger partial charge in [0.05, 0.1) is 19.3 Å². The molecule has 0 bridgehead atoms. The number of unbranched alkanes of at least 4 members (excludes halogenated alkanes) is 29. The van der Waals surface area contributed by atoms with Crippen LogP contribution in [0.15, 0.2) is 0 Å². The van der Waals surface area contributed by atoms with Gasteiger partial charge >= 0.3 is 5.97 Å². The van der Waals surface area contributed by atoms with Gasteiger partial charge in [0, 0.05) is 38.6 Å². The van der Waals surface area contributed by atoms with Crippen LogP contribution in [0.2, 0.25) is 0 Å². The smallest absolute Gasteiger partial charge is 0.305 e. The van der Waals surface area contributed by atoms with Crippen molar-refractivity contribution in [3.63, 3.8) is 0 Å². The third-order valence-corrected chi connectivity index (χ3v) is 10.9. The van der Waals surface area contributed by atoms with Crippen molar-refractivity contribution in [1.29, 1.82) is 0 Å². The molecular formula is C47H94ClNO4. The summed E-state index contributed by atoms with van der Waals surface area (Å²) in [4.78, 5) is 14.7. The molecule has 0 aromatic heterocycles. The summed E-state index contributed by atoms with van der Waals surface area (Å²) in [5.74, 6) is 0.590. The van der Waals surface area contributed by atoms with Gasteiger partial charge < -0.3 is 14.2 Å². The first-order valence-corrected chi connectivity index (χ1v) is 24.3. The third kappa shape index (κ3) is 42.6. The van der Waals surface area contributed by atoms with Crippen molar-refractivity contribution in [2.75, 3.05) is 51.9 Å². The van der Waals surface area contributed by atoms with Gasteiger partial charge in [0.1, 0.15) is 0 Å². The summed E-state index contributed by atoms with van der Waals surface area (Å²) in [6, 6.07) is 0. The molecule has 0 radical (unpaired) electrons. The standard InChI is InChI=1S/C47H94ClNO4/c1-4-7-10-13-16-19-21-22-24-27-29-35-42-52-46(45-51-41-34-28-25-23-20-17-14-11-8-5-2)44-49(40-38-48)39-33-31-32-37-47(50)53-43-36-30-26-18-15-12-9-6-3/h46H,4-45H2,1-3H3. The van der Waals surface area contributed by atoms with Crippen LogP contribution in [0.5, 0.6) is 0 Å². The summed E-state index contributed by atoms with van der Waals surface area (Å²) < 4.78 is 18.2. The van der Waals surface area contributed by atoms with Gasteiger partial charge in [0.25, 0.3) is 0 Å². The lowest BCUT2D eigenvalue weighted by atomic mass is 10.1. The second-order valence-corrected chi connectivity index (χ2v) is 16.5. The number of hydrogen-bond donors (Lipinski definition) is 0. The number of ether oxygens (including phenoxy) is 3. The van der Waals surface area contributed by atoms with Crippen molar-refractivity contribution >= 4 is 17.6 Å². The Bertz CT molecular complexity index is 695. The average Bonchev–Trinajstić information content (AvgIpc) is 3.16. The summed E-state index contributed by atoms with van der Waals surface area (Å²) in [6.07, 6.45) is 43.4. The molecule has 0 aliphatic carbocycles. The van der Waals surface area contributed by atoms with E-state index in [1.165, 1.54) is 173 Å². The second-order valence-electron chi connectivity index (χ2n) is 16.1. The predicted octanol–water partition coefficient (Wildman–Crippen LogP) is 14.8. The van der Waals surface area contributed by atoms with Crippen LogP contribution >= 0.6 is 11.6 Å². The fourth-order valence-electron chi connectivity index (χ4n) is 7.23. The SMILES string of the molecule is CCCCCCCCCCCCCCOC(COCCCCCCCCCCCC)CN(CCCl)CCCCCC(=O)OCCCCCCCCCC. The van der Waals surface area contributed by atoms with Crippen molar-refractivity contribution in [3.8, 4) is 0 Å². The van der Waals surface area contributed by atoms with E-state index in [0.29, 0.717) is 25.5 Å². The van der Waals surface area contributed by atoms with Crippen LogP contribution < -0.4 is 0 Å². The third-order valence-electron chi connectivity index (χ3n) is 10.8. The molecule has 6 heteroatoms. The minimum Gasteiger partial charge on any atom is -0.466 e. The Morgan fingerprint density at radius 3 is 1.32 bits per heavy atom. The Morgan fingerprint density at radius 1 is 0.472 bits per heavy atom. The van der Waals surface area contributed by atoms with Crippen molar-refractivity contribution < 1.29 is 19.0 Å². The highest BCUT2D eigenvalue weighted by atomic mass is 35.5. The first-order chi connectivity index (χ1) is 26.2. The van der Waals surface area contributed by atoms with Crippen LogP contribution in [-0.2, 0) is 19.0 Å². The average molecular weight is 773 g/mol. The number of rotatable bonds is 46. The van der Waals surface area contributed by atoms with Crippen molar-refractivity contribution in [3.05, 3.63) is 0 Å². The Labute approximate surface area is 337 Å². The first-order valence-electron chi connectivity index (χ1n) is 23.8. The predicted molar refractivity (Wildman–Crippen MR) is 233 cm³/mol. The molecule has 0 aromatic carbocycles. The number of halogens is 1. The molecule has 0 fully saturated rings. The maximum atomic E-state index is 12.2. The molecule has 0 aliphatic rings.